The van der Waals surface area contributed by atoms with E-state index < -0.39 is 17.1 Å². The number of ether oxygens (including phenoxy) is 2. The zero-order chi connectivity index (χ0) is 13.8. The Bertz CT molecular complexity index is 321. The number of hydrogen-bond donors (Lipinski definition) is 2. The largest absolute Gasteiger partial charge is 0.479 e. The SMILES string of the molecule is COCC(C)(NC(=O)CC1(OC)CCC1)C(=O)O. The van der Waals surface area contributed by atoms with E-state index >= 15 is 0 Å². The molecule has 0 aliphatic heterocycles. The van der Waals surface area contributed by atoms with Crippen molar-refractivity contribution >= 4 is 11.9 Å². The maximum Gasteiger partial charge on any atom is 0.331 e. The standard InChI is InChI=1S/C12H21NO5/c1-11(8-17-2,10(15)16)13-9(14)7-12(18-3)5-4-6-12/h4-8H2,1-3H3,(H,13,14)(H,15,16). The Hall–Kier alpha value is -1.14. The minimum atomic E-state index is -1.40. The van der Waals surface area contributed by atoms with Crippen LogP contribution in [0.5, 0.6) is 0 Å². The van der Waals surface area contributed by atoms with Crippen LogP contribution in [-0.2, 0) is 19.1 Å². The first-order chi connectivity index (χ1) is 8.37. The highest BCUT2D eigenvalue weighted by Gasteiger charge is 2.42. The molecule has 1 unspecified atom stereocenters. The molecular formula is C12H21NO5. The van der Waals surface area contributed by atoms with Crippen molar-refractivity contribution in [1.29, 1.82) is 0 Å². The molecule has 1 aliphatic carbocycles. The normalized spacial score (nSPS) is 20.6. The topological polar surface area (TPSA) is 84.9 Å². The molecule has 0 heterocycles. The number of methoxy groups -OCH3 is 2. The van der Waals surface area contributed by atoms with E-state index in [1.54, 1.807) is 7.11 Å². The fourth-order valence-electron chi connectivity index (χ4n) is 2.11. The van der Waals surface area contributed by atoms with E-state index in [2.05, 4.69) is 5.32 Å². The molecule has 0 aromatic rings. The van der Waals surface area contributed by atoms with Gasteiger partial charge < -0.3 is 19.9 Å². The van der Waals surface area contributed by atoms with Gasteiger partial charge in [-0.1, -0.05) is 0 Å². The summed E-state index contributed by atoms with van der Waals surface area (Å²) in [6.07, 6.45) is 2.90. The first-order valence-corrected chi connectivity index (χ1v) is 5.96. The molecule has 1 fully saturated rings. The van der Waals surface area contributed by atoms with Gasteiger partial charge in [0.05, 0.1) is 18.6 Å². The summed E-state index contributed by atoms with van der Waals surface area (Å²) in [6, 6.07) is 0. The summed E-state index contributed by atoms with van der Waals surface area (Å²) in [5, 5.41) is 11.6. The lowest BCUT2D eigenvalue weighted by Crippen LogP contribution is -2.57. The van der Waals surface area contributed by atoms with Crippen molar-refractivity contribution in [2.75, 3.05) is 20.8 Å². The first kappa shape index (κ1) is 14.9. The molecule has 0 aromatic carbocycles. The van der Waals surface area contributed by atoms with E-state index in [4.69, 9.17) is 14.6 Å². The van der Waals surface area contributed by atoms with E-state index in [0.717, 1.165) is 19.3 Å². The molecular weight excluding hydrogens is 238 g/mol. The fraction of sp³-hybridized carbons (Fsp3) is 0.833. The van der Waals surface area contributed by atoms with Crippen LogP contribution in [0.1, 0.15) is 32.6 Å². The van der Waals surface area contributed by atoms with Gasteiger partial charge >= 0.3 is 5.97 Å². The van der Waals surface area contributed by atoms with Crippen LogP contribution in [0.3, 0.4) is 0 Å². The van der Waals surface area contributed by atoms with Crippen LogP contribution in [0.25, 0.3) is 0 Å². The van der Waals surface area contributed by atoms with Crippen LogP contribution >= 0.6 is 0 Å². The third kappa shape index (κ3) is 3.20. The molecule has 0 aromatic heterocycles. The lowest BCUT2D eigenvalue weighted by atomic mass is 9.77. The van der Waals surface area contributed by atoms with Crippen molar-refractivity contribution in [3.8, 4) is 0 Å². The smallest absolute Gasteiger partial charge is 0.331 e. The second-order valence-corrected chi connectivity index (χ2v) is 5.04. The average Bonchev–Trinajstić information content (AvgIpc) is 2.23. The number of rotatable bonds is 7. The molecule has 1 rings (SSSR count). The molecule has 0 spiro atoms. The highest BCUT2D eigenvalue weighted by Crippen LogP contribution is 2.37. The predicted molar refractivity (Wildman–Crippen MR) is 64.3 cm³/mol. The minimum absolute atomic E-state index is 0.0753. The Morgan fingerprint density at radius 3 is 2.33 bits per heavy atom. The Balaban J connectivity index is 2.59. The summed E-state index contributed by atoms with van der Waals surface area (Å²) < 4.78 is 10.2. The zero-order valence-corrected chi connectivity index (χ0v) is 11.1. The molecule has 1 amide bonds. The maximum atomic E-state index is 11.9. The van der Waals surface area contributed by atoms with E-state index in [-0.39, 0.29) is 18.9 Å². The summed E-state index contributed by atoms with van der Waals surface area (Å²) in [5.74, 6) is -1.43. The summed E-state index contributed by atoms with van der Waals surface area (Å²) in [5.41, 5.74) is -1.80. The third-order valence-electron chi connectivity index (χ3n) is 3.50. The summed E-state index contributed by atoms with van der Waals surface area (Å²) in [6.45, 7) is 1.35. The highest BCUT2D eigenvalue weighted by atomic mass is 16.5. The van der Waals surface area contributed by atoms with E-state index in [9.17, 15) is 9.59 Å². The van der Waals surface area contributed by atoms with E-state index in [0.29, 0.717) is 0 Å². The van der Waals surface area contributed by atoms with Crippen molar-refractivity contribution in [1.82, 2.24) is 5.32 Å². The van der Waals surface area contributed by atoms with Crippen LogP contribution in [0.15, 0.2) is 0 Å². The van der Waals surface area contributed by atoms with Gasteiger partial charge in [0.1, 0.15) is 0 Å². The lowest BCUT2D eigenvalue weighted by Gasteiger charge is -2.40. The van der Waals surface area contributed by atoms with Crippen LogP contribution in [0.2, 0.25) is 0 Å². The molecule has 18 heavy (non-hydrogen) atoms. The first-order valence-electron chi connectivity index (χ1n) is 5.96. The van der Waals surface area contributed by atoms with Gasteiger partial charge in [0.25, 0.3) is 0 Å². The van der Waals surface area contributed by atoms with Gasteiger partial charge in [-0.3, -0.25) is 4.79 Å². The molecule has 0 bridgehead atoms. The quantitative estimate of drug-likeness (QED) is 0.697. The third-order valence-corrected chi connectivity index (χ3v) is 3.50. The molecule has 0 radical (unpaired) electrons. The summed E-state index contributed by atoms with van der Waals surface area (Å²) in [4.78, 5) is 23.0. The number of aliphatic carboxylic acids is 1. The zero-order valence-electron chi connectivity index (χ0n) is 11.1. The monoisotopic (exact) mass is 259 g/mol. The Labute approximate surface area is 107 Å². The van der Waals surface area contributed by atoms with Gasteiger partial charge in [-0.25, -0.2) is 4.79 Å². The summed E-state index contributed by atoms with van der Waals surface area (Å²) >= 11 is 0. The van der Waals surface area contributed by atoms with Gasteiger partial charge in [-0.2, -0.15) is 0 Å². The van der Waals surface area contributed by atoms with Crippen molar-refractivity contribution in [3.63, 3.8) is 0 Å². The van der Waals surface area contributed by atoms with Crippen LogP contribution < -0.4 is 5.32 Å². The van der Waals surface area contributed by atoms with Crippen LogP contribution in [-0.4, -0.2) is 48.9 Å². The van der Waals surface area contributed by atoms with Gasteiger partial charge in [0.2, 0.25) is 5.91 Å². The van der Waals surface area contributed by atoms with Gasteiger partial charge in [-0.15, -0.1) is 0 Å². The Morgan fingerprint density at radius 2 is 2.00 bits per heavy atom. The number of carboxylic acids is 1. The fourth-order valence-corrected chi connectivity index (χ4v) is 2.11. The van der Waals surface area contributed by atoms with E-state index in [1.807, 2.05) is 0 Å². The van der Waals surface area contributed by atoms with Gasteiger partial charge in [0.15, 0.2) is 5.54 Å². The molecule has 6 heteroatoms. The Kier molecular flexibility index (Phi) is 4.70. The molecule has 104 valence electrons. The van der Waals surface area contributed by atoms with Gasteiger partial charge in [0, 0.05) is 14.2 Å². The van der Waals surface area contributed by atoms with Crippen molar-refractivity contribution < 1.29 is 24.2 Å². The number of carboxylic acid groups (broad SMARTS) is 1. The van der Waals surface area contributed by atoms with Gasteiger partial charge in [-0.05, 0) is 26.2 Å². The highest BCUT2D eigenvalue weighted by molar-refractivity contribution is 5.87. The summed E-state index contributed by atoms with van der Waals surface area (Å²) in [7, 11) is 2.98. The van der Waals surface area contributed by atoms with E-state index in [1.165, 1.54) is 14.0 Å². The number of nitrogens with one attached hydrogen (secondary N) is 1. The molecule has 0 saturated heterocycles. The average molecular weight is 259 g/mol. The van der Waals surface area contributed by atoms with Crippen molar-refractivity contribution in [2.24, 2.45) is 0 Å². The second kappa shape index (κ2) is 5.67. The molecule has 1 saturated carbocycles. The van der Waals surface area contributed by atoms with Crippen molar-refractivity contribution in [3.05, 3.63) is 0 Å². The Morgan fingerprint density at radius 1 is 1.39 bits per heavy atom. The maximum absolute atomic E-state index is 11.9. The molecule has 1 atom stereocenters. The lowest BCUT2D eigenvalue weighted by molar-refractivity contribution is -0.151. The predicted octanol–water partition coefficient (Wildman–Crippen LogP) is 0.552. The second-order valence-electron chi connectivity index (χ2n) is 5.04. The molecule has 2 N–H and O–H groups in total. The number of hydrogen-bond acceptors (Lipinski definition) is 4. The van der Waals surface area contributed by atoms with Crippen LogP contribution in [0.4, 0.5) is 0 Å². The number of carbonyl (C=O) groups excluding carboxylic acids is 1. The molecule has 1 aliphatic rings. The number of amides is 1. The van der Waals surface area contributed by atoms with Crippen LogP contribution in [0, 0.1) is 0 Å². The number of carbonyl (C=O) groups is 2. The minimum Gasteiger partial charge on any atom is -0.479 e. The van der Waals surface area contributed by atoms with Crippen molar-refractivity contribution in [2.45, 2.75) is 43.7 Å². The molecule has 6 nitrogen and oxygen atoms in total.